The number of aliphatic imine (C=N–C) groups is 1. The second-order valence-corrected chi connectivity index (χ2v) is 5.12. The van der Waals surface area contributed by atoms with Crippen LogP contribution in [-0.2, 0) is 4.74 Å². The summed E-state index contributed by atoms with van der Waals surface area (Å²) in [5.74, 6) is 2.50. The maximum Gasteiger partial charge on any atom is 0.193 e. The first kappa shape index (κ1) is 15.0. The molecule has 0 aromatic heterocycles. The van der Waals surface area contributed by atoms with E-state index in [1.165, 1.54) is 12.8 Å². The molecule has 2 fully saturated rings. The van der Waals surface area contributed by atoms with Crippen LogP contribution < -0.4 is 5.32 Å². The molecule has 0 spiro atoms. The number of halogens is 1. The molecule has 0 amide bonds. The summed E-state index contributed by atoms with van der Waals surface area (Å²) >= 11 is 0. The lowest BCUT2D eigenvalue weighted by molar-refractivity contribution is 0.181. The van der Waals surface area contributed by atoms with E-state index in [0.717, 1.165) is 31.6 Å². The number of nitrogens with zero attached hydrogens (tertiary/aromatic N) is 2. The average Bonchev–Trinajstić information content (AvgIpc) is 2.76. The Morgan fingerprint density at radius 1 is 1.53 bits per heavy atom. The van der Waals surface area contributed by atoms with E-state index in [2.05, 4.69) is 29.2 Å². The zero-order chi connectivity index (χ0) is 11.5. The molecular weight excluding hydrogens is 329 g/mol. The summed E-state index contributed by atoms with van der Waals surface area (Å²) in [5.41, 5.74) is 0. The fraction of sp³-hybridized carbons (Fsp3) is 0.917. The van der Waals surface area contributed by atoms with Crippen LogP contribution >= 0.6 is 24.0 Å². The van der Waals surface area contributed by atoms with Crippen LogP contribution in [0.15, 0.2) is 4.99 Å². The van der Waals surface area contributed by atoms with Gasteiger partial charge in [-0.1, -0.05) is 6.92 Å². The van der Waals surface area contributed by atoms with Crippen LogP contribution in [-0.4, -0.2) is 50.8 Å². The van der Waals surface area contributed by atoms with Gasteiger partial charge in [0.1, 0.15) is 0 Å². The van der Waals surface area contributed by atoms with Gasteiger partial charge in [-0.2, -0.15) is 0 Å². The minimum Gasteiger partial charge on any atom is -0.381 e. The molecule has 0 aromatic carbocycles. The standard InChI is InChI=1S/C12H23N3O.HI/c1-9-6-11(9)14-12(13-2)15(3)7-10-4-5-16-8-10;/h9-11H,4-8H2,1-3H3,(H,13,14);1H. The highest BCUT2D eigenvalue weighted by molar-refractivity contribution is 14.0. The average molecular weight is 353 g/mol. The predicted octanol–water partition coefficient (Wildman–Crippen LogP) is 1.56. The van der Waals surface area contributed by atoms with Crippen molar-refractivity contribution in [3.8, 4) is 0 Å². The highest BCUT2D eigenvalue weighted by Gasteiger charge is 2.34. The molecule has 1 saturated heterocycles. The Labute approximate surface area is 121 Å². The van der Waals surface area contributed by atoms with Crippen molar-refractivity contribution in [2.45, 2.75) is 25.8 Å². The van der Waals surface area contributed by atoms with Gasteiger partial charge >= 0.3 is 0 Å². The van der Waals surface area contributed by atoms with Crippen LogP contribution in [0.2, 0.25) is 0 Å². The fourth-order valence-electron chi connectivity index (χ4n) is 2.24. The number of hydrogen-bond acceptors (Lipinski definition) is 2. The maximum atomic E-state index is 5.39. The molecule has 3 atom stereocenters. The third-order valence-corrected chi connectivity index (χ3v) is 3.55. The van der Waals surface area contributed by atoms with E-state index in [1.807, 2.05) is 7.05 Å². The zero-order valence-corrected chi connectivity index (χ0v) is 13.3. The molecule has 17 heavy (non-hydrogen) atoms. The van der Waals surface area contributed by atoms with E-state index >= 15 is 0 Å². The van der Waals surface area contributed by atoms with Crippen molar-refractivity contribution in [3.05, 3.63) is 0 Å². The highest BCUT2D eigenvalue weighted by atomic mass is 127. The van der Waals surface area contributed by atoms with Crippen molar-refractivity contribution < 1.29 is 4.74 Å². The van der Waals surface area contributed by atoms with Gasteiger partial charge in [0, 0.05) is 39.2 Å². The van der Waals surface area contributed by atoms with Crippen molar-refractivity contribution in [2.75, 3.05) is 33.9 Å². The molecule has 2 aliphatic rings. The minimum atomic E-state index is 0. The molecule has 2 rings (SSSR count). The molecule has 100 valence electrons. The van der Waals surface area contributed by atoms with Crippen molar-refractivity contribution in [1.29, 1.82) is 0 Å². The topological polar surface area (TPSA) is 36.9 Å². The Balaban J connectivity index is 0.00000144. The van der Waals surface area contributed by atoms with Gasteiger partial charge < -0.3 is 15.0 Å². The van der Waals surface area contributed by atoms with Crippen LogP contribution in [0.1, 0.15) is 19.8 Å². The molecule has 0 radical (unpaired) electrons. The summed E-state index contributed by atoms with van der Waals surface area (Å²) in [4.78, 5) is 6.56. The lowest BCUT2D eigenvalue weighted by Gasteiger charge is -2.24. The van der Waals surface area contributed by atoms with Gasteiger partial charge in [-0.25, -0.2) is 0 Å². The maximum absolute atomic E-state index is 5.39. The number of hydrogen-bond donors (Lipinski definition) is 1. The number of nitrogens with one attached hydrogen (secondary N) is 1. The fourth-order valence-corrected chi connectivity index (χ4v) is 2.24. The number of rotatable bonds is 3. The summed E-state index contributed by atoms with van der Waals surface area (Å²) in [5, 5.41) is 3.50. The van der Waals surface area contributed by atoms with Gasteiger partial charge in [-0.3, -0.25) is 4.99 Å². The third-order valence-electron chi connectivity index (χ3n) is 3.55. The molecule has 3 unspecified atom stereocenters. The molecule has 1 heterocycles. The van der Waals surface area contributed by atoms with Gasteiger partial charge in [-0.05, 0) is 18.8 Å². The van der Waals surface area contributed by atoms with Gasteiger partial charge in [0.15, 0.2) is 5.96 Å². The molecule has 1 N–H and O–H groups in total. The highest BCUT2D eigenvalue weighted by Crippen LogP contribution is 2.29. The molecule has 5 heteroatoms. The van der Waals surface area contributed by atoms with Crippen molar-refractivity contribution in [1.82, 2.24) is 10.2 Å². The summed E-state index contributed by atoms with van der Waals surface area (Å²) in [7, 11) is 3.97. The van der Waals surface area contributed by atoms with E-state index < -0.39 is 0 Å². The van der Waals surface area contributed by atoms with Crippen LogP contribution in [0, 0.1) is 11.8 Å². The third kappa shape index (κ3) is 4.28. The van der Waals surface area contributed by atoms with Crippen LogP contribution in [0.3, 0.4) is 0 Å². The Bertz CT molecular complexity index is 266. The molecule has 1 aliphatic heterocycles. The Hall–Kier alpha value is -0.0400. The van der Waals surface area contributed by atoms with Gasteiger partial charge in [0.2, 0.25) is 0 Å². The van der Waals surface area contributed by atoms with Gasteiger partial charge in [0.05, 0.1) is 6.61 Å². The molecule has 0 aromatic rings. The van der Waals surface area contributed by atoms with E-state index in [0.29, 0.717) is 12.0 Å². The summed E-state index contributed by atoms with van der Waals surface area (Å²) in [6.07, 6.45) is 2.46. The summed E-state index contributed by atoms with van der Waals surface area (Å²) < 4.78 is 5.39. The van der Waals surface area contributed by atoms with Crippen molar-refractivity contribution in [3.63, 3.8) is 0 Å². The molecule has 1 saturated carbocycles. The lowest BCUT2D eigenvalue weighted by Crippen LogP contribution is -2.42. The van der Waals surface area contributed by atoms with Crippen LogP contribution in [0.25, 0.3) is 0 Å². The SMILES string of the molecule is CN=C(NC1CC1C)N(C)CC1CCOC1.I. The first-order valence-corrected chi connectivity index (χ1v) is 6.23. The molecule has 0 bridgehead atoms. The van der Waals surface area contributed by atoms with Crippen LogP contribution in [0.5, 0.6) is 0 Å². The normalized spacial score (nSPS) is 31.9. The summed E-state index contributed by atoms with van der Waals surface area (Å²) in [6, 6.07) is 0.640. The second-order valence-electron chi connectivity index (χ2n) is 5.12. The van der Waals surface area contributed by atoms with Crippen molar-refractivity contribution in [2.24, 2.45) is 16.8 Å². The Kier molecular flexibility index (Phi) is 5.99. The lowest BCUT2D eigenvalue weighted by atomic mass is 10.1. The number of guanidine groups is 1. The predicted molar refractivity (Wildman–Crippen MR) is 81.0 cm³/mol. The van der Waals surface area contributed by atoms with E-state index in [4.69, 9.17) is 4.74 Å². The second kappa shape index (κ2) is 6.78. The van der Waals surface area contributed by atoms with E-state index in [1.54, 1.807) is 0 Å². The number of ether oxygens (including phenoxy) is 1. The van der Waals surface area contributed by atoms with E-state index in [9.17, 15) is 0 Å². The minimum absolute atomic E-state index is 0. The van der Waals surface area contributed by atoms with Crippen LogP contribution in [0.4, 0.5) is 0 Å². The molecule has 4 nitrogen and oxygen atoms in total. The molecule has 1 aliphatic carbocycles. The quantitative estimate of drug-likeness (QED) is 0.475. The smallest absolute Gasteiger partial charge is 0.193 e. The largest absolute Gasteiger partial charge is 0.381 e. The van der Waals surface area contributed by atoms with Crippen molar-refractivity contribution >= 4 is 29.9 Å². The zero-order valence-electron chi connectivity index (χ0n) is 11.0. The first-order chi connectivity index (χ1) is 7.70. The first-order valence-electron chi connectivity index (χ1n) is 6.23. The summed E-state index contributed by atoms with van der Waals surface area (Å²) in [6.45, 7) is 5.14. The van der Waals surface area contributed by atoms with E-state index in [-0.39, 0.29) is 24.0 Å². The Morgan fingerprint density at radius 2 is 2.24 bits per heavy atom. The van der Waals surface area contributed by atoms with Gasteiger partial charge in [0.25, 0.3) is 0 Å². The Morgan fingerprint density at radius 3 is 2.71 bits per heavy atom. The monoisotopic (exact) mass is 353 g/mol. The van der Waals surface area contributed by atoms with Gasteiger partial charge in [-0.15, -0.1) is 24.0 Å². The molecular formula is C12H24IN3O.